The van der Waals surface area contributed by atoms with E-state index in [2.05, 4.69) is 102 Å². The molecule has 0 amide bonds. The van der Waals surface area contributed by atoms with Gasteiger partial charge in [0.2, 0.25) is 0 Å². The molecule has 0 unspecified atom stereocenters. The number of fused-ring (bicyclic) bond motifs is 8. The topological polar surface area (TPSA) is 66.6 Å². The lowest BCUT2D eigenvalue weighted by molar-refractivity contribution is 0.303. The highest BCUT2D eigenvalue weighted by Gasteiger charge is 2.17. The molecule has 5 heterocycles. The number of benzene rings is 1. The fourth-order valence-corrected chi connectivity index (χ4v) is 6.52. The van der Waals surface area contributed by atoms with Gasteiger partial charge in [0.05, 0.1) is 29.4 Å². The molecule has 6 rings (SSSR count). The van der Waals surface area contributed by atoms with E-state index in [4.69, 9.17) is 14.7 Å². The van der Waals surface area contributed by atoms with Crippen LogP contribution < -0.4 is 4.74 Å². The second kappa shape index (κ2) is 17.0. The van der Waals surface area contributed by atoms with Crippen molar-refractivity contribution in [2.24, 2.45) is 0 Å². The SMILES string of the molecule is CCCCCCCCCCCCCCCCOc1ccccc1C1=Cc2cc3ccc(cc4ccc(cc5nc(cc1n2)C=C5)[nH]4)[nH]3. The van der Waals surface area contributed by atoms with E-state index in [0.717, 1.165) is 74.8 Å². The van der Waals surface area contributed by atoms with Crippen molar-refractivity contribution in [1.29, 1.82) is 0 Å². The third kappa shape index (κ3) is 9.57. The van der Waals surface area contributed by atoms with E-state index >= 15 is 0 Å². The van der Waals surface area contributed by atoms with E-state index in [9.17, 15) is 0 Å². The first kappa shape index (κ1) is 32.6. The Hall–Kier alpha value is -4.38. The monoisotopic (exact) mass is 626 g/mol. The van der Waals surface area contributed by atoms with Crippen molar-refractivity contribution in [3.8, 4) is 5.75 Å². The van der Waals surface area contributed by atoms with Gasteiger partial charge in [-0.25, -0.2) is 9.97 Å². The van der Waals surface area contributed by atoms with Gasteiger partial charge in [0.25, 0.3) is 0 Å². The number of H-pyrrole nitrogens is 2. The second-order valence-electron chi connectivity index (χ2n) is 13.0. The average Bonchev–Trinajstić information content (AvgIpc) is 3.89. The second-order valence-corrected chi connectivity index (χ2v) is 13.0. The molecule has 47 heavy (non-hydrogen) atoms. The highest BCUT2D eigenvalue weighted by atomic mass is 16.5. The van der Waals surface area contributed by atoms with Gasteiger partial charge < -0.3 is 14.7 Å². The van der Waals surface area contributed by atoms with Crippen molar-refractivity contribution >= 4 is 45.9 Å². The zero-order valence-electron chi connectivity index (χ0n) is 28.1. The fraction of sp³-hybridized carbons (Fsp3) is 0.381. The van der Waals surface area contributed by atoms with E-state index in [0.29, 0.717) is 0 Å². The normalized spacial score (nSPS) is 12.4. The number of hydrogen-bond acceptors (Lipinski definition) is 3. The van der Waals surface area contributed by atoms with Gasteiger partial charge in [-0.05, 0) is 79.2 Å². The summed E-state index contributed by atoms with van der Waals surface area (Å²) in [6.45, 7) is 3.02. The Kier molecular flexibility index (Phi) is 11.8. The summed E-state index contributed by atoms with van der Waals surface area (Å²) in [5, 5.41) is 0. The van der Waals surface area contributed by atoms with Gasteiger partial charge in [0.15, 0.2) is 0 Å². The summed E-state index contributed by atoms with van der Waals surface area (Å²) in [4.78, 5) is 16.9. The standard InChI is InChI=1S/C42H50N4O/c1-2-3-4-5-6-7-8-9-10-11-12-13-14-17-26-47-42-19-16-15-18-39(42)40-30-38-29-36-23-22-34(44-36)27-32-20-21-33(43-32)28-35-24-25-37(45-35)31-41(40)46-38/h15-16,18-25,27-31,43-44H,2-14,17,26H2,1H3. The van der Waals surface area contributed by atoms with Crippen LogP contribution in [0.2, 0.25) is 0 Å². The van der Waals surface area contributed by atoms with Crippen LogP contribution in [-0.2, 0) is 0 Å². The number of aromatic amines is 2. The molecule has 0 saturated carbocycles. The van der Waals surface area contributed by atoms with Crippen molar-refractivity contribution in [3.05, 3.63) is 101 Å². The van der Waals surface area contributed by atoms with Crippen molar-refractivity contribution in [2.45, 2.75) is 96.8 Å². The van der Waals surface area contributed by atoms with Crippen LogP contribution >= 0.6 is 0 Å². The first-order valence-corrected chi connectivity index (χ1v) is 18.0. The van der Waals surface area contributed by atoms with Crippen LogP contribution in [0.5, 0.6) is 5.75 Å². The summed E-state index contributed by atoms with van der Waals surface area (Å²) in [7, 11) is 0. The molecule has 5 nitrogen and oxygen atoms in total. The molecule has 244 valence electrons. The average molecular weight is 627 g/mol. The van der Waals surface area contributed by atoms with Crippen molar-refractivity contribution < 1.29 is 4.74 Å². The number of para-hydroxylation sites is 1. The Morgan fingerprint density at radius 3 is 1.70 bits per heavy atom. The predicted molar refractivity (Wildman–Crippen MR) is 199 cm³/mol. The van der Waals surface area contributed by atoms with E-state index in [-0.39, 0.29) is 0 Å². The zero-order valence-corrected chi connectivity index (χ0v) is 28.1. The highest BCUT2D eigenvalue weighted by molar-refractivity contribution is 5.95. The molecule has 0 aliphatic carbocycles. The van der Waals surface area contributed by atoms with Gasteiger partial charge in [-0.2, -0.15) is 0 Å². The molecule has 0 fully saturated rings. The number of nitrogens with one attached hydrogen (secondary N) is 2. The molecular formula is C42H50N4O. The molecule has 2 aliphatic rings. The summed E-state index contributed by atoms with van der Waals surface area (Å²) < 4.78 is 6.42. The van der Waals surface area contributed by atoms with Crippen LogP contribution in [0.15, 0.2) is 72.8 Å². The van der Waals surface area contributed by atoms with Gasteiger partial charge in [0, 0.05) is 33.2 Å². The van der Waals surface area contributed by atoms with E-state index < -0.39 is 0 Å². The Bertz CT molecular complexity index is 1830. The van der Waals surface area contributed by atoms with Gasteiger partial charge in [-0.15, -0.1) is 0 Å². The Labute approximate surface area is 280 Å². The third-order valence-corrected chi connectivity index (χ3v) is 9.10. The molecule has 5 heteroatoms. The van der Waals surface area contributed by atoms with Crippen molar-refractivity contribution in [3.63, 3.8) is 0 Å². The Morgan fingerprint density at radius 1 is 0.532 bits per heavy atom. The number of rotatable bonds is 17. The molecule has 2 aliphatic heterocycles. The van der Waals surface area contributed by atoms with E-state index in [1.807, 2.05) is 6.08 Å². The third-order valence-electron chi connectivity index (χ3n) is 9.10. The largest absolute Gasteiger partial charge is 0.493 e. The quantitative estimate of drug-likeness (QED) is 0.0990. The van der Waals surface area contributed by atoms with Crippen LogP contribution in [0.4, 0.5) is 0 Å². The highest BCUT2D eigenvalue weighted by Crippen LogP contribution is 2.35. The van der Waals surface area contributed by atoms with Crippen LogP contribution in [0.25, 0.3) is 45.9 Å². The van der Waals surface area contributed by atoms with Gasteiger partial charge >= 0.3 is 0 Å². The minimum absolute atomic E-state index is 0.729. The number of unbranched alkanes of at least 4 members (excludes halogenated alkanes) is 13. The zero-order chi connectivity index (χ0) is 32.1. The smallest absolute Gasteiger partial charge is 0.127 e. The van der Waals surface area contributed by atoms with Gasteiger partial charge in [-0.3, -0.25) is 0 Å². The van der Waals surface area contributed by atoms with Crippen LogP contribution in [0.1, 0.15) is 125 Å². The Balaban J connectivity index is 1.08. The van der Waals surface area contributed by atoms with Crippen molar-refractivity contribution in [1.82, 2.24) is 19.9 Å². The first-order valence-electron chi connectivity index (χ1n) is 18.0. The van der Waals surface area contributed by atoms with Gasteiger partial charge in [-0.1, -0.05) is 109 Å². The fourth-order valence-electron chi connectivity index (χ4n) is 6.52. The molecule has 4 aromatic rings. The number of nitrogens with zero attached hydrogens (tertiary/aromatic N) is 2. The van der Waals surface area contributed by atoms with Crippen LogP contribution in [0.3, 0.4) is 0 Å². The molecule has 8 bridgehead atoms. The molecule has 2 N–H and O–H groups in total. The number of hydrogen-bond donors (Lipinski definition) is 2. The summed E-state index contributed by atoms with van der Waals surface area (Å²) in [6.07, 6.45) is 25.2. The van der Waals surface area contributed by atoms with E-state index in [1.54, 1.807) is 0 Å². The first-order chi connectivity index (χ1) is 23.2. The molecule has 0 atom stereocenters. The summed E-state index contributed by atoms with van der Waals surface area (Å²) in [6, 6.07) is 25.1. The lowest BCUT2D eigenvalue weighted by Crippen LogP contribution is -2.00. The van der Waals surface area contributed by atoms with Gasteiger partial charge in [0.1, 0.15) is 5.75 Å². The Morgan fingerprint density at radius 2 is 1.06 bits per heavy atom. The lowest BCUT2D eigenvalue weighted by atomic mass is 10.0. The number of ether oxygens (including phenoxy) is 1. The molecule has 0 radical (unpaired) electrons. The summed E-state index contributed by atoms with van der Waals surface area (Å²) >= 11 is 0. The lowest BCUT2D eigenvalue weighted by Gasteiger charge is -2.12. The maximum atomic E-state index is 6.42. The molecule has 3 aromatic heterocycles. The molecular weight excluding hydrogens is 576 g/mol. The maximum Gasteiger partial charge on any atom is 0.127 e. The van der Waals surface area contributed by atoms with Crippen molar-refractivity contribution in [2.75, 3.05) is 6.61 Å². The maximum absolute atomic E-state index is 6.42. The summed E-state index contributed by atoms with van der Waals surface area (Å²) in [5.74, 6) is 0.908. The molecule has 1 aromatic carbocycles. The summed E-state index contributed by atoms with van der Waals surface area (Å²) in [5.41, 5.74) is 9.80. The number of aromatic nitrogens is 4. The minimum Gasteiger partial charge on any atom is -0.493 e. The van der Waals surface area contributed by atoms with E-state index in [1.165, 1.54) is 83.5 Å². The predicted octanol–water partition coefficient (Wildman–Crippen LogP) is 11.9. The molecule has 0 spiro atoms. The van der Waals surface area contributed by atoms with Crippen LogP contribution in [0, 0.1) is 0 Å². The molecule has 0 saturated heterocycles. The minimum atomic E-state index is 0.729. The van der Waals surface area contributed by atoms with Crippen LogP contribution in [-0.4, -0.2) is 26.5 Å².